The Kier molecular flexibility index (Phi) is 6.29. The first-order chi connectivity index (χ1) is 13.0. The van der Waals surface area contributed by atoms with Crippen molar-refractivity contribution >= 4 is 28.6 Å². The molecule has 0 radical (unpaired) electrons. The Morgan fingerprint density at radius 1 is 1.15 bits per heavy atom. The quantitative estimate of drug-likeness (QED) is 0.504. The maximum absolute atomic E-state index is 12.4. The molecule has 2 aromatic carbocycles. The fourth-order valence-corrected chi connectivity index (χ4v) is 3.66. The molecule has 0 fully saturated rings. The van der Waals surface area contributed by atoms with Crippen molar-refractivity contribution < 1.29 is 4.79 Å². The predicted octanol–water partition coefficient (Wildman–Crippen LogP) is 3.16. The third-order valence-corrected chi connectivity index (χ3v) is 5.42. The average molecular weight is 382 g/mol. The van der Waals surface area contributed by atoms with Gasteiger partial charge in [-0.25, -0.2) is 4.98 Å². The van der Waals surface area contributed by atoms with Gasteiger partial charge in [0.15, 0.2) is 5.16 Å². The minimum Gasteiger partial charge on any atom is -0.353 e. The lowest BCUT2D eigenvalue weighted by Crippen LogP contribution is -2.34. The number of aromatic nitrogens is 2. The number of nitrogens with zero attached hydrogens (tertiary/aromatic N) is 2. The summed E-state index contributed by atoms with van der Waals surface area (Å²) in [5.74, 6) is 0.178. The summed E-state index contributed by atoms with van der Waals surface area (Å²) in [5.41, 5.74) is 1.82. The maximum atomic E-state index is 12.4. The van der Waals surface area contributed by atoms with Gasteiger partial charge in [-0.2, -0.15) is 0 Å². The van der Waals surface area contributed by atoms with Crippen LogP contribution >= 0.6 is 11.8 Å². The van der Waals surface area contributed by atoms with Crippen LogP contribution in [0.3, 0.4) is 0 Å². The van der Waals surface area contributed by atoms with Gasteiger partial charge in [0.25, 0.3) is 5.56 Å². The molecule has 27 heavy (non-hydrogen) atoms. The number of rotatable bonds is 7. The zero-order valence-electron chi connectivity index (χ0n) is 15.5. The van der Waals surface area contributed by atoms with E-state index in [1.165, 1.54) is 21.9 Å². The summed E-state index contributed by atoms with van der Waals surface area (Å²) in [6.45, 7) is 2.01. The Labute approximate surface area is 162 Å². The van der Waals surface area contributed by atoms with E-state index in [1.807, 2.05) is 43.3 Å². The summed E-state index contributed by atoms with van der Waals surface area (Å²) < 4.78 is 1.50. The number of amides is 1. The van der Waals surface area contributed by atoms with Crippen LogP contribution < -0.4 is 10.9 Å². The normalized spacial score (nSPS) is 12.1. The average Bonchev–Trinajstić information content (AvgIpc) is 2.69. The van der Waals surface area contributed by atoms with Gasteiger partial charge in [0, 0.05) is 13.1 Å². The van der Waals surface area contributed by atoms with E-state index in [4.69, 9.17) is 0 Å². The molecule has 140 valence electrons. The molecule has 0 spiro atoms. The van der Waals surface area contributed by atoms with Crippen LogP contribution in [0.25, 0.3) is 10.9 Å². The van der Waals surface area contributed by atoms with Crippen LogP contribution in [0, 0.1) is 0 Å². The SMILES string of the molecule is C[C@H](CCc1ccccc1)NC(=O)CSc1nc2ccccc2c(=O)n1C. The molecule has 0 aliphatic carbocycles. The number of carbonyl (C=O) groups is 1. The van der Waals surface area contributed by atoms with Gasteiger partial charge < -0.3 is 5.32 Å². The molecule has 1 heterocycles. The fourth-order valence-electron chi connectivity index (χ4n) is 2.87. The third-order valence-electron chi connectivity index (χ3n) is 4.39. The van der Waals surface area contributed by atoms with Gasteiger partial charge in [0.2, 0.25) is 5.91 Å². The standard InChI is InChI=1S/C21H23N3O2S/c1-15(12-13-16-8-4-3-5-9-16)22-19(25)14-27-21-23-18-11-7-6-10-17(18)20(26)24(21)2/h3-11,15H,12-14H2,1-2H3,(H,22,25)/t15-/m1/s1. The summed E-state index contributed by atoms with van der Waals surface area (Å²) in [4.78, 5) is 29.2. The molecular weight excluding hydrogens is 358 g/mol. The number of hydrogen-bond donors (Lipinski definition) is 1. The summed E-state index contributed by atoms with van der Waals surface area (Å²) in [6.07, 6.45) is 1.81. The summed E-state index contributed by atoms with van der Waals surface area (Å²) >= 11 is 1.28. The fraction of sp³-hybridized carbons (Fsp3) is 0.286. The predicted molar refractivity (Wildman–Crippen MR) is 110 cm³/mol. The Bertz CT molecular complexity index is 986. The minimum atomic E-state index is -0.0975. The molecule has 0 saturated heterocycles. The highest BCUT2D eigenvalue weighted by Crippen LogP contribution is 2.16. The van der Waals surface area contributed by atoms with Crippen LogP contribution in [0.1, 0.15) is 18.9 Å². The zero-order chi connectivity index (χ0) is 19.2. The maximum Gasteiger partial charge on any atom is 0.261 e. The van der Waals surface area contributed by atoms with E-state index in [0.29, 0.717) is 16.1 Å². The molecule has 6 heteroatoms. The topological polar surface area (TPSA) is 64.0 Å². The second-order valence-electron chi connectivity index (χ2n) is 6.56. The Balaban J connectivity index is 1.55. The van der Waals surface area contributed by atoms with Crippen molar-refractivity contribution in [3.05, 3.63) is 70.5 Å². The lowest BCUT2D eigenvalue weighted by molar-refractivity contribution is -0.119. The number of hydrogen-bond acceptors (Lipinski definition) is 4. The van der Waals surface area contributed by atoms with Gasteiger partial charge in [0.1, 0.15) is 0 Å². The van der Waals surface area contributed by atoms with E-state index in [9.17, 15) is 9.59 Å². The van der Waals surface area contributed by atoms with Crippen LogP contribution in [0.15, 0.2) is 64.5 Å². The van der Waals surface area contributed by atoms with Crippen LogP contribution in [0.5, 0.6) is 0 Å². The highest BCUT2D eigenvalue weighted by molar-refractivity contribution is 7.99. The number of carbonyl (C=O) groups excluding carboxylic acids is 1. The number of benzene rings is 2. The van der Waals surface area contributed by atoms with Gasteiger partial charge >= 0.3 is 0 Å². The summed E-state index contributed by atoms with van der Waals surface area (Å²) in [7, 11) is 1.69. The van der Waals surface area contributed by atoms with Gasteiger partial charge in [-0.05, 0) is 37.5 Å². The molecular formula is C21H23N3O2S. The van der Waals surface area contributed by atoms with Crippen LogP contribution in [0.4, 0.5) is 0 Å². The second-order valence-corrected chi connectivity index (χ2v) is 7.50. The molecule has 0 aliphatic rings. The zero-order valence-corrected chi connectivity index (χ0v) is 16.3. The van der Waals surface area contributed by atoms with E-state index in [1.54, 1.807) is 13.1 Å². The summed E-state index contributed by atoms with van der Waals surface area (Å²) in [5, 5.41) is 4.15. The molecule has 1 atom stereocenters. The monoisotopic (exact) mass is 381 g/mol. The number of fused-ring (bicyclic) bond motifs is 1. The summed E-state index contributed by atoms with van der Waals surface area (Å²) in [6, 6.07) is 17.6. The Hall–Kier alpha value is -2.60. The van der Waals surface area contributed by atoms with Gasteiger partial charge in [0.05, 0.1) is 16.7 Å². The molecule has 0 aliphatic heterocycles. The van der Waals surface area contributed by atoms with E-state index in [-0.39, 0.29) is 23.3 Å². The molecule has 1 aromatic heterocycles. The largest absolute Gasteiger partial charge is 0.353 e. The lowest BCUT2D eigenvalue weighted by Gasteiger charge is -2.14. The molecule has 3 rings (SSSR count). The highest BCUT2D eigenvalue weighted by Gasteiger charge is 2.12. The first kappa shape index (κ1) is 19.2. The second kappa shape index (κ2) is 8.86. The first-order valence-corrected chi connectivity index (χ1v) is 9.95. The molecule has 5 nitrogen and oxygen atoms in total. The number of nitrogens with one attached hydrogen (secondary N) is 1. The van der Waals surface area contributed by atoms with E-state index in [0.717, 1.165) is 12.8 Å². The number of para-hydroxylation sites is 1. The Morgan fingerprint density at radius 2 is 1.85 bits per heavy atom. The van der Waals surface area contributed by atoms with Gasteiger partial charge in [-0.3, -0.25) is 14.2 Å². The van der Waals surface area contributed by atoms with E-state index in [2.05, 4.69) is 22.4 Å². The van der Waals surface area contributed by atoms with Crippen LogP contribution in [0.2, 0.25) is 0 Å². The van der Waals surface area contributed by atoms with E-state index < -0.39 is 0 Å². The Morgan fingerprint density at radius 3 is 2.63 bits per heavy atom. The highest BCUT2D eigenvalue weighted by atomic mass is 32.2. The van der Waals surface area contributed by atoms with Crippen molar-refractivity contribution in [2.75, 3.05) is 5.75 Å². The third kappa shape index (κ3) is 4.98. The number of thioether (sulfide) groups is 1. The number of aryl methyl sites for hydroxylation is 1. The van der Waals surface area contributed by atoms with Crippen molar-refractivity contribution in [1.29, 1.82) is 0 Å². The van der Waals surface area contributed by atoms with Crippen molar-refractivity contribution in [1.82, 2.24) is 14.9 Å². The van der Waals surface area contributed by atoms with Gasteiger partial charge in [-0.1, -0.05) is 54.2 Å². The van der Waals surface area contributed by atoms with Crippen LogP contribution in [-0.2, 0) is 18.3 Å². The van der Waals surface area contributed by atoms with Crippen molar-refractivity contribution in [3.63, 3.8) is 0 Å². The van der Waals surface area contributed by atoms with Crippen molar-refractivity contribution in [2.24, 2.45) is 7.05 Å². The van der Waals surface area contributed by atoms with Crippen molar-refractivity contribution in [2.45, 2.75) is 31.0 Å². The van der Waals surface area contributed by atoms with Crippen LogP contribution in [-0.4, -0.2) is 27.3 Å². The molecule has 0 bridgehead atoms. The lowest BCUT2D eigenvalue weighted by atomic mass is 10.1. The first-order valence-electron chi connectivity index (χ1n) is 8.96. The molecule has 0 unspecified atom stereocenters. The molecule has 0 saturated carbocycles. The van der Waals surface area contributed by atoms with Gasteiger partial charge in [-0.15, -0.1) is 0 Å². The molecule has 1 N–H and O–H groups in total. The molecule has 3 aromatic rings. The minimum absolute atomic E-state index is 0.0528. The molecule has 1 amide bonds. The van der Waals surface area contributed by atoms with E-state index >= 15 is 0 Å². The van der Waals surface area contributed by atoms with Crippen molar-refractivity contribution in [3.8, 4) is 0 Å². The smallest absolute Gasteiger partial charge is 0.261 e.